The van der Waals surface area contributed by atoms with Gasteiger partial charge in [0.25, 0.3) is 0 Å². The molecule has 1 N–H and O–H groups in total. The van der Waals surface area contributed by atoms with Gasteiger partial charge in [-0.05, 0) is 20.3 Å². The Bertz CT molecular complexity index is 348. The number of carbonyl (C=O) groups excluding carboxylic acids is 3. The van der Waals surface area contributed by atoms with E-state index >= 15 is 0 Å². The molecule has 6 nitrogen and oxygen atoms in total. The third kappa shape index (κ3) is 2.88. The molecule has 1 fully saturated rings. The molecule has 0 radical (unpaired) electrons. The van der Waals surface area contributed by atoms with E-state index in [1.54, 1.807) is 13.8 Å². The van der Waals surface area contributed by atoms with Crippen LogP contribution < -0.4 is 5.32 Å². The topological polar surface area (TPSA) is 81.7 Å². The molecular weight excluding hydrogens is 250 g/mol. The molecule has 0 aromatic rings. The van der Waals surface area contributed by atoms with Crippen LogP contribution in [0.5, 0.6) is 0 Å². The number of amides is 1. The summed E-state index contributed by atoms with van der Waals surface area (Å²) in [4.78, 5) is 36.0. The zero-order valence-electron chi connectivity index (χ0n) is 11.7. The van der Waals surface area contributed by atoms with Gasteiger partial charge in [0, 0.05) is 12.3 Å². The van der Waals surface area contributed by atoms with Crippen molar-refractivity contribution in [3.63, 3.8) is 0 Å². The lowest BCUT2D eigenvalue weighted by Gasteiger charge is -2.29. The third-order valence-electron chi connectivity index (χ3n) is 3.21. The summed E-state index contributed by atoms with van der Waals surface area (Å²) >= 11 is 0. The summed E-state index contributed by atoms with van der Waals surface area (Å²) in [5.74, 6) is -2.18. The summed E-state index contributed by atoms with van der Waals surface area (Å²) < 4.78 is 9.93. The number of carbonyl (C=O) groups is 3. The van der Waals surface area contributed by atoms with Crippen molar-refractivity contribution in [1.82, 2.24) is 5.32 Å². The minimum absolute atomic E-state index is 0.144. The maximum atomic E-state index is 12.2. The Morgan fingerprint density at radius 3 is 2.16 bits per heavy atom. The molecular formula is C13H21NO5. The Morgan fingerprint density at radius 2 is 1.74 bits per heavy atom. The Kier molecular flexibility index (Phi) is 5.32. The lowest BCUT2D eigenvalue weighted by molar-refractivity contribution is -0.168. The van der Waals surface area contributed by atoms with Gasteiger partial charge in [-0.15, -0.1) is 0 Å². The molecule has 0 aromatic carbocycles. The Labute approximate surface area is 112 Å². The predicted octanol–water partition coefficient (Wildman–Crippen LogP) is 0.788. The Balaban J connectivity index is 3.12. The lowest BCUT2D eigenvalue weighted by atomic mass is 9.82. The highest BCUT2D eigenvalue weighted by Crippen LogP contribution is 2.34. The average Bonchev–Trinajstić information content (AvgIpc) is 2.68. The lowest BCUT2D eigenvalue weighted by Crippen LogP contribution is -2.60. The van der Waals surface area contributed by atoms with Crippen LogP contribution in [0.1, 0.15) is 40.0 Å². The van der Waals surface area contributed by atoms with Gasteiger partial charge in [-0.25, -0.2) is 9.59 Å². The molecule has 0 aromatic heterocycles. The molecule has 108 valence electrons. The standard InChI is InChI=1S/C13H21NO5/c1-4-7-9-8-10(15)14-13(9,11(16)18-5-2)12(17)19-6-3/h9H,4-8H2,1-3H3,(H,14,15)/t9-/m0/s1. The average molecular weight is 271 g/mol. The quantitative estimate of drug-likeness (QED) is 0.570. The molecule has 19 heavy (non-hydrogen) atoms. The highest BCUT2D eigenvalue weighted by molar-refractivity contribution is 6.10. The van der Waals surface area contributed by atoms with E-state index in [0.717, 1.165) is 6.42 Å². The van der Waals surface area contributed by atoms with E-state index in [1.807, 2.05) is 6.92 Å². The molecule has 1 amide bonds. The monoisotopic (exact) mass is 271 g/mol. The van der Waals surface area contributed by atoms with Crippen LogP contribution in [0.25, 0.3) is 0 Å². The first-order valence-electron chi connectivity index (χ1n) is 6.68. The Morgan fingerprint density at radius 1 is 1.21 bits per heavy atom. The van der Waals surface area contributed by atoms with E-state index < -0.39 is 23.4 Å². The summed E-state index contributed by atoms with van der Waals surface area (Å²) in [5.41, 5.74) is -1.67. The fourth-order valence-electron chi connectivity index (χ4n) is 2.43. The van der Waals surface area contributed by atoms with Gasteiger partial charge in [0.05, 0.1) is 13.2 Å². The third-order valence-corrected chi connectivity index (χ3v) is 3.21. The first-order valence-corrected chi connectivity index (χ1v) is 6.68. The predicted molar refractivity (Wildman–Crippen MR) is 67.2 cm³/mol. The number of hydrogen-bond acceptors (Lipinski definition) is 5. The van der Waals surface area contributed by atoms with Crippen molar-refractivity contribution >= 4 is 17.8 Å². The van der Waals surface area contributed by atoms with E-state index in [4.69, 9.17) is 9.47 Å². The van der Waals surface area contributed by atoms with Gasteiger partial charge in [-0.1, -0.05) is 13.3 Å². The highest BCUT2D eigenvalue weighted by atomic mass is 16.6. The molecule has 1 aliphatic rings. The van der Waals surface area contributed by atoms with E-state index in [2.05, 4.69) is 5.32 Å². The van der Waals surface area contributed by atoms with Gasteiger partial charge in [-0.3, -0.25) is 4.79 Å². The largest absolute Gasteiger partial charge is 0.464 e. The van der Waals surface area contributed by atoms with Crippen LogP contribution in [0.15, 0.2) is 0 Å². The molecule has 0 unspecified atom stereocenters. The molecule has 0 spiro atoms. The second-order valence-corrected chi connectivity index (χ2v) is 4.49. The number of hydrogen-bond donors (Lipinski definition) is 1. The van der Waals surface area contributed by atoms with Crippen LogP contribution >= 0.6 is 0 Å². The van der Waals surface area contributed by atoms with Gasteiger partial charge >= 0.3 is 11.9 Å². The number of ether oxygens (including phenoxy) is 2. The normalized spacial score (nSPS) is 20.8. The zero-order chi connectivity index (χ0) is 14.5. The first kappa shape index (κ1) is 15.5. The summed E-state index contributed by atoms with van der Waals surface area (Å²) in [6.45, 7) is 5.54. The smallest absolute Gasteiger partial charge is 0.344 e. The van der Waals surface area contributed by atoms with Crippen molar-refractivity contribution in [2.75, 3.05) is 13.2 Å². The fourth-order valence-corrected chi connectivity index (χ4v) is 2.43. The Hall–Kier alpha value is -1.59. The van der Waals surface area contributed by atoms with E-state index in [0.29, 0.717) is 6.42 Å². The van der Waals surface area contributed by atoms with Crippen LogP contribution in [0.4, 0.5) is 0 Å². The van der Waals surface area contributed by atoms with Crippen LogP contribution in [0.3, 0.4) is 0 Å². The second-order valence-electron chi connectivity index (χ2n) is 4.49. The molecule has 0 saturated carbocycles. The molecule has 0 bridgehead atoms. The number of nitrogens with one attached hydrogen (secondary N) is 1. The number of rotatable bonds is 6. The summed E-state index contributed by atoms with van der Waals surface area (Å²) in [5, 5.41) is 2.48. The van der Waals surface area contributed by atoms with Crippen LogP contribution in [0, 0.1) is 5.92 Å². The minimum Gasteiger partial charge on any atom is -0.464 e. The van der Waals surface area contributed by atoms with Gasteiger partial charge < -0.3 is 14.8 Å². The van der Waals surface area contributed by atoms with Gasteiger partial charge in [0.15, 0.2) is 0 Å². The maximum Gasteiger partial charge on any atom is 0.344 e. The van der Waals surface area contributed by atoms with Crippen molar-refractivity contribution in [2.45, 2.75) is 45.6 Å². The van der Waals surface area contributed by atoms with Crippen molar-refractivity contribution in [2.24, 2.45) is 5.92 Å². The van der Waals surface area contributed by atoms with Gasteiger partial charge in [0.1, 0.15) is 0 Å². The van der Waals surface area contributed by atoms with Crippen LogP contribution in [0.2, 0.25) is 0 Å². The van der Waals surface area contributed by atoms with Crippen molar-refractivity contribution in [1.29, 1.82) is 0 Å². The van der Waals surface area contributed by atoms with E-state index in [-0.39, 0.29) is 25.5 Å². The molecule has 1 heterocycles. The molecule has 1 rings (SSSR count). The van der Waals surface area contributed by atoms with Crippen molar-refractivity contribution in [3.8, 4) is 0 Å². The molecule has 0 aliphatic carbocycles. The van der Waals surface area contributed by atoms with E-state index in [1.165, 1.54) is 0 Å². The first-order chi connectivity index (χ1) is 9.02. The van der Waals surface area contributed by atoms with Crippen LogP contribution in [-0.2, 0) is 23.9 Å². The van der Waals surface area contributed by atoms with Gasteiger partial charge in [0.2, 0.25) is 11.4 Å². The zero-order valence-corrected chi connectivity index (χ0v) is 11.7. The van der Waals surface area contributed by atoms with Crippen molar-refractivity contribution in [3.05, 3.63) is 0 Å². The minimum atomic E-state index is -1.67. The molecule has 1 aliphatic heterocycles. The second kappa shape index (κ2) is 6.54. The number of esters is 2. The summed E-state index contributed by atoms with van der Waals surface area (Å²) in [6, 6.07) is 0. The maximum absolute atomic E-state index is 12.2. The van der Waals surface area contributed by atoms with Crippen molar-refractivity contribution < 1.29 is 23.9 Å². The summed E-state index contributed by atoms with van der Waals surface area (Å²) in [7, 11) is 0. The fraction of sp³-hybridized carbons (Fsp3) is 0.769. The van der Waals surface area contributed by atoms with Crippen LogP contribution in [-0.4, -0.2) is 36.6 Å². The SMILES string of the molecule is CCC[C@H]1CC(=O)NC1(C(=O)OCC)C(=O)OCC. The summed E-state index contributed by atoms with van der Waals surface area (Å²) in [6.07, 6.45) is 1.49. The molecule has 1 atom stereocenters. The van der Waals surface area contributed by atoms with Gasteiger partial charge in [-0.2, -0.15) is 0 Å². The highest BCUT2D eigenvalue weighted by Gasteiger charge is 2.60. The molecule has 1 saturated heterocycles. The molecule has 6 heteroatoms. The van der Waals surface area contributed by atoms with E-state index in [9.17, 15) is 14.4 Å².